The maximum absolute atomic E-state index is 14.0. The first-order valence-corrected chi connectivity index (χ1v) is 9.58. The Morgan fingerprint density at radius 3 is 2.48 bits per heavy atom. The minimum Gasteiger partial charge on any atom is -0.363 e. The van der Waals surface area contributed by atoms with E-state index in [9.17, 15) is 39.2 Å². The number of fused-ring (bicyclic) bond motifs is 1. The van der Waals surface area contributed by atoms with Crippen LogP contribution in [-0.4, -0.2) is 26.1 Å². The van der Waals surface area contributed by atoms with Crippen molar-refractivity contribution in [2.24, 2.45) is 0 Å². The predicted molar refractivity (Wildman–Crippen MR) is 85.9 cm³/mol. The fourth-order valence-corrected chi connectivity index (χ4v) is 4.43. The van der Waals surface area contributed by atoms with Crippen molar-refractivity contribution < 1.29 is 43.9 Å². The van der Waals surface area contributed by atoms with E-state index in [1.165, 1.54) is 0 Å². The van der Waals surface area contributed by atoms with Gasteiger partial charge in [-0.05, 0) is 24.5 Å². The van der Waals surface area contributed by atoms with Crippen molar-refractivity contribution in [3.05, 3.63) is 46.8 Å². The summed E-state index contributed by atoms with van der Waals surface area (Å²) in [4.78, 5) is 2.27. The topological polar surface area (TPSA) is 71.2 Å². The molecule has 1 aromatic carbocycles. The number of aromatic amines is 1. The Hall–Kier alpha value is -2.28. The lowest BCUT2D eigenvalue weighted by Gasteiger charge is -2.22. The van der Waals surface area contributed by atoms with Crippen LogP contribution in [0.3, 0.4) is 0 Å². The lowest BCUT2D eigenvalue weighted by atomic mass is 9.95. The van der Waals surface area contributed by atoms with Crippen LogP contribution in [0.4, 0.5) is 36.4 Å². The van der Waals surface area contributed by atoms with Crippen LogP contribution in [0.2, 0.25) is 0 Å². The molecule has 0 bridgehead atoms. The van der Waals surface area contributed by atoms with Gasteiger partial charge in [-0.15, -0.1) is 0 Å². The summed E-state index contributed by atoms with van der Waals surface area (Å²) in [6, 6.07) is -0.0482. The lowest BCUT2D eigenvalue weighted by molar-refractivity contribution is -0.164. The molecular formula is C16H13F7N2O3S. The predicted octanol–water partition coefficient (Wildman–Crippen LogP) is 4.21. The summed E-state index contributed by atoms with van der Waals surface area (Å²) in [5.41, 5.74) is -2.30. The van der Waals surface area contributed by atoms with E-state index in [1.807, 2.05) is 0 Å². The molecule has 1 aliphatic carbocycles. The Labute approximate surface area is 159 Å². The minimum atomic E-state index is -5.15. The van der Waals surface area contributed by atoms with Crippen LogP contribution < -0.4 is 4.72 Å². The molecule has 2 aromatic rings. The van der Waals surface area contributed by atoms with Crippen molar-refractivity contribution in [3.8, 4) is 0 Å². The number of hydrogen-bond donors (Lipinski definition) is 2. The van der Waals surface area contributed by atoms with Gasteiger partial charge < -0.3 is 9.72 Å². The molecule has 1 unspecified atom stereocenters. The molecule has 13 heteroatoms. The van der Waals surface area contributed by atoms with Crippen molar-refractivity contribution >= 4 is 15.7 Å². The average molecular weight is 446 g/mol. The maximum Gasteiger partial charge on any atom is 0.419 e. The molecule has 1 heterocycles. The second kappa shape index (κ2) is 7.52. The zero-order valence-corrected chi connectivity index (χ0v) is 15.1. The number of benzene rings is 1. The summed E-state index contributed by atoms with van der Waals surface area (Å²) in [6.45, 7) is -2.99. The summed E-state index contributed by atoms with van der Waals surface area (Å²) in [5, 5.41) is 0. The summed E-state index contributed by atoms with van der Waals surface area (Å²) in [7, 11) is -4.50. The molecule has 0 saturated carbocycles. The monoisotopic (exact) mass is 446 g/mol. The number of H-pyrrole nitrogens is 1. The molecule has 1 aromatic heterocycles. The van der Waals surface area contributed by atoms with E-state index in [-0.39, 0.29) is 41.9 Å². The van der Waals surface area contributed by atoms with Gasteiger partial charge in [-0.3, -0.25) is 4.72 Å². The van der Waals surface area contributed by atoms with Gasteiger partial charge in [0, 0.05) is 24.4 Å². The maximum atomic E-state index is 14.0. The van der Waals surface area contributed by atoms with Crippen LogP contribution in [0.25, 0.3) is 0 Å². The van der Waals surface area contributed by atoms with E-state index in [0.717, 1.165) is 6.20 Å². The van der Waals surface area contributed by atoms with Crippen molar-refractivity contribution in [2.45, 2.75) is 43.0 Å². The third-order valence-electron chi connectivity index (χ3n) is 4.38. The van der Waals surface area contributed by atoms with Crippen LogP contribution in [0.15, 0.2) is 23.2 Å². The number of ether oxygens (including phenoxy) is 1. The van der Waals surface area contributed by atoms with Gasteiger partial charge in [0.25, 0.3) is 10.0 Å². The van der Waals surface area contributed by atoms with Gasteiger partial charge in [0.1, 0.15) is 16.5 Å². The smallest absolute Gasteiger partial charge is 0.363 e. The largest absolute Gasteiger partial charge is 0.419 e. The van der Waals surface area contributed by atoms with E-state index in [4.69, 9.17) is 0 Å². The van der Waals surface area contributed by atoms with Crippen LogP contribution >= 0.6 is 0 Å². The van der Waals surface area contributed by atoms with Crippen molar-refractivity contribution in [2.75, 3.05) is 4.72 Å². The molecule has 0 aliphatic heterocycles. The number of hydrogen-bond acceptors (Lipinski definition) is 3. The molecule has 0 spiro atoms. The molecule has 3 rings (SSSR count). The number of nitrogens with one attached hydrogen (secondary N) is 2. The molecule has 0 amide bonds. The summed E-state index contributed by atoms with van der Waals surface area (Å²) < 4.78 is 121. The summed E-state index contributed by atoms with van der Waals surface area (Å²) >= 11 is 0. The highest BCUT2D eigenvalue weighted by atomic mass is 32.2. The average Bonchev–Trinajstić information content (AvgIpc) is 3.00. The molecule has 1 atom stereocenters. The Balaban J connectivity index is 1.87. The van der Waals surface area contributed by atoms with Crippen LogP contribution in [0, 0.1) is 11.6 Å². The van der Waals surface area contributed by atoms with E-state index >= 15 is 0 Å². The standard InChI is InChI=1S/C16H13F7N2O3S/c17-10-5-13(11(18)4-9(10)16(21,22)23)25-29(26,27)14-6-24-12-3-7(28-15(19)20)1-2-8(12)14/h4-7,15,24-25H,1-3H2. The zero-order valence-electron chi connectivity index (χ0n) is 14.3. The molecule has 2 N–H and O–H groups in total. The fourth-order valence-electron chi connectivity index (χ4n) is 3.11. The number of halogens is 7. The second-order valence-electron chi connectivity index (χ2n) is 6.29. The molecule has 5 nitrogen and oxygen atoms in total. The third kappa shape index (κ3) is 4.50. The second-order valence-corrected chi connectivity index (χ2v) is 7.94. The molecule has 1 aliphatic rings. The summed E-state index contributed by atoms with van der Waals surface area (Å²) in [6.07, 6.45) is -4.81. The van der Waals surface area contributed by atoms with Gasteiger partial charge in [0.15, 0.2) is 0 Å². The van der Waals surface area contributed by atoms with E-state index in [0.29, 0.717) is 5.69 Å². The number of sulfonamides is 1. The summed E-state index contributed by atoms with van der Waals surface area (Å²) in [5.74, 6) is -3.46. The number of alkyl halides is 5. The van der Waals surface area contributed by atoms with Gasteiger partial charge in [0.2, 0.25) is 0 Å². The minimum absolute atomic E-state index is 0.0154. The SMILES string of the molecule is O=S(=O)(Nc1cc(F)c(C(F)(F)F)cc1F)c1c[nH]c2c1CCC(OC(F)F)C2. The highest BCUT2D eigenvalue weighted by Crippen LogP contribution is 2.35. The van der Waals surface area contributed by atoms with Gasteiger partial charge in [0.05, 0.1) is 17.4 Å². The van der Waals surface area contributed by atoms with Crippen molar-refractivity contribution in [3.63, 3.8) is 0 Å². The number of anilines is 1. The first-order valence-electron chi connectivity index (χ1n) is 8.10. The first-order chi connectivity index (χ1) is 13.4. The normalized spacial score (nSPS) is 17.4. The van der Waals surface area contributed by atoms with Gasteiger partial charge >= 0.3 is 12.8 Å². The molecule has 160 valence electrons. The third-order valence-corrected chi connectivity index (χ3v) is 5.81. The zero-order chi connectivity index (χ0) is 21.6. The van der Waals surface area contributed by atoms with Crippen LogP contribution in [-0.2, 0) is 33.8 Å². The lowest BCUT2D eigenvalue weighted by Crippen LogP contribution is -2.25. The van der Waals surface area contributed by atoms with Crippen LogP contribution in [0.1, 0.15) is 23.2 Å². The molecular weight excluding hydrogens is 433 g/mol. The number of aromatic nitrogens is 1. The molecule has 0 radical (unpaired) electrons. The van der Waals surface area contributed by atoms with Gasteiger partial charge in [-0.25, -0.2) is 17.2 Å². The fraction of sp³-hybridized carbons (Fsp3) is 0.375. The van der Waals surface area contributed by atoms with E-state index in [1.54, 1.807) is 4.72 Å². The van der Waals surface area contributed by atoms with E-state index in [2.05, 4.69) is 9.72 Å². The molecule has 29 heavy (non-hydrogen) atoms. The van der Waals surface area contributed by atoms with Crippen molar-refractivity contribution in [1.29, 1.82) is 0 Å². The Kier molecular flexibility index (Phi) is 5.56. The Morgan fingerprint density at radius 1 is 1.17 bits per heavy atom. The highest BCUT2D eigenvalue weighted by molar-refractivity contribution is 7.92. The van der Waals surface area contributed by atoms with Crippen molar-refractivity contribution in [1.82, 2.24) is 4.98 Å². The highest BCUT2D eigenvalue weighted by Gasteiger charge is 2.36. The number of rotatable bonds is 5. The molecule has 0 saturated heterocycles. The van der Waals surface area contributed by atoms with Gasteiger partial charge in [-0.1, -0.05) is 0 Å². The van der Waals surface area contributed by atoms with Gasteiger partial charge in [-0.2, -0.15) is 22.0 Å². The Morgan fingerprint density at radius 2 is 1.86 bits per heavy atom. The molecule has 0 fully saturated rings. The Bertz CT molecular complexity index is 1020. The quantitative estimate of drug-likeness (QED) is 0.677. The van der Waals surface area contributed by atoms with Crippen LogP contribution in [0.5, 0.6) is 0 Å². The first kappa shape index (κ1) is 21.4. The van der Waals surface area contributed by atoms with E-state index < -0.39 is 51.8 Å².